The highest BCUT2D eigenvalue weighted by Gasteiger charge is 2.75. The van der Waals surface area contributed by atoms with E-state index in [0.717, 1.165) is 5.57 Å². The van der Waals surface area contributed by atoms with Crippen LogP contribution in [0.4, 0.5) is 0 Å². The molecular weight excluding hydrogens is 244 g/mol. The zero-order valence-electron chi connectivity index (χ0n) is 12.4. The number of hydrogen-bond acceptors (Lipinski definition) is 4. The van der Waals surface area contributed by atoms with Gasteiger partial charge in [-0.3, -0.25) is 9.59 Å². The average molecular weight is 266 g/mol. The van der Waals surface area contributed by atoms with Crippen molar-refractivity contribution in [2.24, 2.45) is 28.6 Å². The maximum absolute atomic E-state index is 12.1. The molecule has 0 radical (unpaired) electrons. The third-order valence-electron chi connectivity index (χ3n) is 5.60. The third-order valence-corrected chi connectivity index (χ3v) is 5.60. The Morgan fingerprint density at radius 1 is 1.11 bits per heavy atom. The predicted octanol–water partition coefficient (Wildman–Crippen LogP) is 2.19. The van der Waals surface area contributed by atoms with E-state index in [1.165, 1.54) is 14.2 Å². The van der Waals surface area contributed by atoms with Crippen molar-refractivity contribution in [1.82, 2.24) is 0 Å². The van der Waals surface area contributed by atoms with Gasteiger partial charge in [0.05, 0.1) is 26.1 Å². The van der Waals surface area contributed by atoms with E-state index in [9.17, 15) is 9.59 Å². The van der Waals surface area contributed by atoms with E-state index in [4.69, 9.17) is 9.47 Å². The van der Waals surface area contributed by atoms with E-state index in [2.05, 4.69) is 20.8 Å². The molecule has 4 nitrogen and oxygen atoms in total. The largest absolute Gasteiger partial charge is 0.469 e. The van der Waals surface area contributed by atoms with E-state index in [0.29, 0.717) is 0 Å². The number of ether oxygens (including phenoxy) is 2. The van der Waals surface area contributed by atoms with Crippen LogP contribution in [-0.2, 0) is 19.1 Å². The molecule has 0 aromatic rings. The van der Waals surface area contributed by atoms with Gasteiger partial charge in [0.25, 0.3) is 0 Å². The first kappa shape index (κ1) is 14.1. The lowest BCUT2D eigenvalue weighted by molar-refractivity contribution is -0.157. The lowest BCUT2D eigenvalue weighted by Crippen LogP contribution is -2.36. The van der Waals surface area contributed by atoms with Crippen molar-refractivity contribution in [3.8, 4) is 0 Å². The second-order valence-corrected chi connectivity index (χ2v) is 6.35. The molecular formula is C15H22O4. The highest BCUT2D eigenvalue weighted by Crippen LogP contribution is 2.77. The van der Waals surface area contributed by atoms with E-state index in [1.54, 1.807) is 0 Å². The molecule has 1 fully saturated rings. The molecule has 4 atom stereocenters. The molecule has 0 bridgehead atoms. The summed E-state index contributed by atoms with van der Waals surface area (Å²) in [6.45, 7) is 8.48. The van der Waals surface area contributed by atoms with Crippen molar-refractivity contribution in [3.63, 3.8) is 0 Å². The van der Waals surface area contributed by atoms with Crippen LogP contribution >= 0.6 is 0 Å². The van der Waals surface area contributed by atoms with Crippen molar-refractivity contribution in [2.45, 2.75) is 27.7 Å². The Morgan fingerprint density at radius 2 is 1.63 bits per heavy atom. The zero-order chi connectivity index (χ0) is 14.6. The lowest BCUT2D eigenvalue weighted by Gasteiger charge is -2.29. The van der Waals surface area contributed by atoms with Gasteiger partial charge in [0, 0.05) is 0 Å². The summed E-state index contributed by atoms with van der Waals surface area (Å²) in [7, 11) is 2.72. The molecule has 0 spiro atoms. The standard InChI is InChI=1S/C15H22O4/c1-8-7-9(12(16)18-5)10(13(17)19-6)11-14(2,3)15(8,11)4/h7,9-11H,1-6H3. The summed E-state index contributed by atoms with van der Waals surface area (Å²) in [5, 5.41) is 0. The maximum Gasteiger partial charge on any atom is 0.313 e. The van der Waals surface area contributed by atoms with Crippen molar-refractivity contribution in [2.75, 3.05) is 14.2 Å². The molecule has 0 amide bonds. The Labute approximate surface area is 114 Å². The minimum absolute atomic E-state index is 0.00475. The van der Waals surface area contributed by atoms with Crippen LogP contribution in [0.25, 0.3) is 0 Å². The first-order chi connectivity index (χ1) is 8.73. The van der Waals surface area contributed by atoms with Crippen LogP contribution < -0.4 is 0 Å². The fourth-order valence-electron chi connectivity index (χ4n) is 4.11. The Morgan fingerprint density at radius 3 is 2.11 bits per heavy atom. The third kappa shape index (κ3) is 1.58. The molecule has 0 heterocycles. The minimum atomic E-state index is -0.530. The molecule has 106 valence electrons. The maximum atomic E-state index is 12.1. The molecule has 4 unspecified atom stereocenters. The second-order valence-electron chi connectivity index (χ2n) is 6.35. The quantitative estimate of drug-likeness (QED) is 0.568. The van der Waals surface area contributed by atoms with Crippen molar-refractivity contribution >= 4 is 11.9 Å². The fourth-order valence-corrected chi connectivity index (χ4v) is 4.11. The molecule has 2 aliphatic carbocycles. The van der Waals surface area contributed by atoms with Gasteiger partial charge in [0.2, 0.25) is 0 Å². The number of hydrogen-bond donors (Lipinski definition) is 0. The van der Waals surface area contributed by atoms with Crippen LogP contribution in [0.5, 0.6) is 0 Å². The predicted molar refractivity (Wildman–Crippen MR) is 70.1 cm³/mol. The van der Waals surface area contributed by atoms with Gasteiger partial charge >= 0.3 is 11.9 Å². The average Bonchev–Trinajstić information content (AvgIpc) is 2.84. The van der Waals surface area contributed by atoms with Crippen LogP contribution in [-0.4, -0.2) is 26.2 Å². The SMILES string of the molecule is COC(=O)C1C=C(C)C2(C)C(C1C(=O)OC)C2(C)C. The Balaban J connectivity index is 2.48. The summed E-state index contributed by atoms with van der Waals surface area (Å²) < 4.78 is 9.75. The summed E-state index contributed by atoms with van der Waals surface area (Å²) in [6, 6.07) is 0. The molecule has 19 heavy (non-hydrogen) atoms. The number of methoxy groups -OCH3 is 2. The number of carbonyl (C=O) groups is 2. The normalized spacial score (nSPS) is 38.8. The van der Waals surface area contributed by atoms with E-state index in [-0.39, 0.29) is 28.7 Å². The molecule has 0 aromatic carbocycles. The Kier molecular flexibility index (Phi) is 3.03. The van der Waals surface area contributed by atoms with Gasteiger partial charge in [-0.2, -0.15) is 0 Å². The van der Waals surface area contributed by atoms with E-state index in [1.807, 2.05) is 13.0 Å². The molecule has 0 N–H and O–H groups in total. The van der Waals surface area contributed by atoms with Gasteiger partial charge < -0.3 is 9.47 Å². The topological polar surface area (TPSA) is 52.6 Å². The van der Waals surface area contributed by atoms with Gasteiger partial charge in [-0.1, -0.05) is 32.4 Å². The van der Waals surface area contributed by atoms with Crippen LogP contribution in [0.3, 0.4) is 0 Å². The Hall–Kier alpha value is -1.32. The Bertz CT molecular complexity index is 463. The number of fused-ring (bicyclic) bond motifs is 1. The van der Waals surface area contributed by atoms with Gasteiger partial charge in [0.15, 0.2) is 0 Å². The van der Waals surface area contributed by atoms with E-state index < -0.39 is 11.8 Å². The zero-order valence-corrected chi connectivity index (χ0v) is 12.4. The summed E-state index contributed by atoms with van der Waals surface area (Å²) >= 11 is 0. The number of carbonyl (C=O) groups excluding carboxylic acids is 2. The minimum Gasteiger partial charge on any atom is -0.469 e. The van der Waals surface area contributed by atoms with Crippen LogP contribution in [0.15, 0.2) is 11.6 Å². The molecule has 0 aromatic heterocycles. The van der Waals surface area contributed by atoms with Crippen LogP contribution in [0, 0.1) is 28.6 Å². The lowest BCUT2D eigenvalue weighted by atomic mass is 9.76. The second kappa shape index (κ2) is 4.09. The summed E-state index contributed by atoms with van der Waals surface area (Å²) in [4.78, 5) is 24.1. The van der Waals surface area contributed by atoms with Crippen molar-refractivity contribution in [1.29, 1.82) is 0 Å². The summed E-state index contributed by atoms with van der Waals surface area (Å²) in [5.74, 6) is -1.53. The molecule has 2 rings (SSSR count). The summed E-state index contributed by atoms with van der Waals surface area (Å²) in [6.07, 6.45) is 1.89. The van der Waals surface area contributed by atoms with Gasteiger partial charge in [-0.05, 0) is 23.7 Å². The number of allylic oxidation sites excluding steroid dienone is 1. The molecule has 2 aliphatic rings. The van der Waals surface area contributed by atoms with Gasteiger partial charge in [-0.25, -0.2) is 0 Å². The van der Waals surface area contributed by atoms with Crippen LogP contribution in [0.2, 0.25) is 0 Å². The van der Waals surface area contributed by atoms with E-state index >= 15 is 0 Å². The fraction of sp³-hybridized carbons (Fsp3) is 0.733. The number of rotatable bonds is 2. The molecule has 0 saturated heterocycles. The molecule has 4 heteroatoms. The van der Waals surface area contributed by atoms with Gasteiger partial charge in [0.1, 0.15) is 0 Å². The molecule has 1 saturated carbocycles. The van der Waals surface area contributed by atoms with Crippen molar-refractivity contribution in [3.05, 3.63) is 11.6 Å². The summed E-state index contributed by atoms with van der Waals surface area (Å²) in [5.41, 5.74) is 1.13. The van der Waals surface area contributed by atoms with Crippen LogP contribution in [0.1, 0.15) is 27.7 Å². The first-order valence-electron chi connectivity index (χ1n) is 6.58. The van der Waals surface area contributed by atoms with Gasteiger partial charge in [-0.15, -0.1) is 0 Å². The number of esters is 2. The monoisotopic (exact) mass is 266 g/mol. The highest BCUT2D eigenvalue weighted by molar-refractivity contribution is 5.85. The highest BCUT2D eigenvalue weighted by atomic mass is 16.5. The smallest absolute Gasteiger partial charge is 0.313 e. The molecule has 0 aliphatic heterocycles. The first-order valence-corrected chi connectivity index (χ1v) is 6.58. The van der Waals surface area contributed by atoms with Crippen molar-refractivity contribution < 1.29 is 19.1 Å².